The lowest BCUT2D eigenvalue weighted by molar-refractivity contribution is 0.402. The molecule has 0 radical (unpaired) electrons. The molecule has 2 aromatic heterocycles. The van der Waals surface area contributed by atoms with Gasteiger partial charge in [-0.05, 0) is 30.3 Å². The molecule has 0 saturated carbocycles. The van der Waals surface area contributed by atoms with Crippen LogP contribution in [0.5, 0.6) is 5.75 Å². The molecule has 0 saturated heterocycles. The SMILES string of the molecule is COc1ccc(Cl)cc1S(=O)(=O)NCCc1ncc2ccccn12. The number of hydrogen-bond acceptors (Lipinski definition) is 4. The van der Waals surface area contributed by atoms with E-state index in [1.54, 1.807) is 12.3 Å². The zero-order chi connectivity index (χ0) is 17.2. The Bertz CT molecular complexity index is 970. The van der Waals surface area contributed by atoms with Gasteiger partial charge < -0.3 is 9.14 Å². The molecule has 126 valence electrons. The van der Waals surface area contributed by atoms with Gasteiger partial charge in [0.2, 0.25) is 10.0 Å². The van der Waals surface area contributed by atoms with Crippen LogP contribution in [-0.4, -0.2) is 31.5 Å². The maximum atomic E-state index is 12.5. The van der Waals surface area contributed by atoms with E-state index >= 15 is 0 Å². The monoisotopic (exact) mass is 365 g/mol. The molecule has 1 N–H and O–H groups in total. The summed E-state index contributed by atoms with van der Waals surface area (Å²) in [6.45, 7) is 0.214. The van der Waals surface area contributed by atoms with Gasteiger partial charge in [-0.15, -0.1) is 0 Å². The van der Waals surface area contributed by atoms with Gasteiger partial charge in [0.1, 0.15) is 16.5 Å². The molecule has 0 aliphatic rings. The number of methoxy groups -OCH3 is 1. The molecule has 3 rings (SSSR count). The Balaban J connectivity index is 1.75. The van der Waals surface area contributed by atoms with Gasteiger partial charge in [0.15, 0.2) is 0 Å². The molecule has 0 unspecified atom stereocenters. The predicted octanol–water partition coefficient (Wildman–Crippen LogP) is 2.52. The second kappa shape index (κ2) is 6.80. The molecular weight excluding hydrogens is 350 g/mol. The van der Waals surface area contributed by atoms with Gasteiger partial charge in [-0.3, -0.25) is 0 Å². The molecule has 24 heavy (non-hydrogen) atoms. The number of nitrogens with one attached hydrogen (secondary N) is 1. The molecule has 8 heteroatoms. The summed E-state index contributed by atoms with van der Waals surface area (Å²) in [5, 5.41) is 0.329. The third kappa shape index (κ3) is 3.38. The molecule has 0 atom stereocenters. The minimum Gasteiger partial charge on any atom is -0.495 e. The van der Waals surface area contributed by atoms with E-state index in [4.69, 9.17) is 16.3 Å². The fourth-order valence-corrected chi connectivity index (χ4v) is 3.88. The highest BCUT2D eigenvalue weighted by atomic mass is 35.5. The van der Waals surface area contributed by atoms with Gasteiger partial charge in [0.25, 0.3) is 0 Å². The van der Waals surface area contributed by atoms with Crippen LogP contribution >= 0.6 is 11.6 Å². The summed E-state index contributed by atoms with van der Waals surface area (Å²) >= 11 is 5.90. The Hall–Kier alpha value is -2.09. The summed E-state index contributed by atoms with van der Waals surface area (Å²) in [5.74, 6) is 1.03. The number of imidazole rings is 1. The summed E-state index contributed by atoms with van der Waals surface area (Å²) in [6.07, 6.45) is 4.11. The van der Waals surface area contributed by atoms with Crippen LogP contribution in [0.4, 0.5) is 0 Å². The van der Waals surface area contributed by atoms with Crippen molar-refractivity contribution >= 4 is 27.1 Å². The molecule has 0 aliphatic heterocycles. The van der Waals surface area contributed by atoms with Crippen LogP contribution in [0.15, 0.2) is 53.7 Å². The van der Waals surface area contributed by atoms with Crippen LogP contribution in [0, 0.1) is 0 Å². The minimum atomic E-state index is -3.73. The Morgan fingerprint density at radius 2 is 2.12 bits per heavy atom. The summed E-state index contributed by atoms with van der Waals surface area (Å²) in [5.41, 5.74) is 0.965. The van der Waals surface area contributed by atoms with Crippen molar-refractivity contribution in [2.24, 2.45) is 0 Å². The Morgan fingerprint density at radius 1 is 1.29 bits per heavy atom. The number of halogens is 1. The molecule has 0 aliphatic carbocycles. The second-order valence-electron chi connectivity index (χ2n) is 5.11. The third-order valence-corrected chi connectivity index (χ3v) is 5.29. The van der Waals surface area contributed by atoms with Crippen LogP contribution in [0.25, 0.3) is 5.52 Å². The van der Waals surface area contributed by atoms with Crippen molar-refractivity contribution < 1.29 is 13.2 Å². The highest BCUT2D eigenvalue weighted by molar-refractivity contribution is 7.89. The van der Waals surface area contributed by atoms with Crippen LogP contribution in [-0.2, 0) is 16.4 Å². The standard InChI is InChI=1S/C16H16ClN3O3S/c1-23-14-6-5-12(17)10-15(14)24(21,22)19-8-7-16-18-11-13-4-2-3-9-20(13)16/h2-6,9-11,19H,7-8H2,1H3. The largest absolute Gasteiger partial charge is 0.495 e. The Morgan fingerprint density at radius 3 is 2.92 bits per heavy atom. The van der Waals surface area contributed by atoms with Gasteiger partial charge in [-0.1, -0.05) is 17.7 Å². The van der Waals surface area contributed by atoms with Crippen molar-refractivity contribution in [3.63, 3.8) is 0 Å². The van der Waals surface area contributed by atoms with Crippen molar-refractivity contribution in [2.75, 3.05) is 13.7 Å². The number of pyridine rings is 1. The van der Waals surface area contributed by atoms with E-state index in [0.29, 0.717) is 11.4 Å². The summed E-state index contributed by atoms with van der Waals surface area (Å²) in [7, 11) is -2.31. The normalized spacial score (nSPS) is 11.8. The zero-order valence-corrected chi connectivity index (χ0v) is 14.5. The summed E-state index contributed by atoms with van der Waals surface area (Å²) in [6, 6.07) is 10.2. The number of ether oxygens (including phenoxy) is 1. The van der Waals surface area contributed by atoms with Gasteiger partial charge in [-0.25, -0.2) is 18.1 Å². The first-order valence-electron chi connectivity index (χ1n) is 7.25. The van der Waals surface area contributed by atoms with Gasteiger partial charge >= 0.3 is 0 Å². The second-order valence-corrected chi connectivity index (χ2v) is 7.28. The average molecular weight is 366 g/mol. The highest BCUT2D eigenvalue weighted by Gasteiger charge is 2.19. The van der Waals surface area contributed by atoms with Crippen LogP contribution in [0.3, 0.4) is 0 Å². The summed E-state index contributed by atoms with van der Waals surface area (Å²) < 4.78 is 34.5. The molecule has 0 spiro atoms. The van der Waals surface area contributed by atoms with E-state index in [1.807, 2.05) is 28.8 Å². The van der Waals surface area contributed by atoms with Crippen molar-refractivity contribution in [1.29, 1.82) is 0 Å². The third-order valence-electron chi connectivity index (χ3n) is 3.57. The van der Waals surface area contributed by atoms with Crippen molar-refractivity contribution in [2.45, 2.75) is 11.3 Å². The number of fused-ring (bicyclic) bond motifs is 1. The first-order chi connectivity index (χ1) is 11.5. The first kappa shape index (κ1) is 16.8. The number of sulfonamides is 1. The first-order valence-corrected chi connectivity index (χ1v) is 9.11. The quantitative estimate of drug-likeness (QED) is 0.728. The number of nitrogens with zero attached hydrogens (tertiary/aromatic N) is 2. The van der Waals surface area contributed by atoms with E-state index in [1.165, 1.54) is 19.2 Å². The van der Waals surface area contributed by atoms with E-state index in [9.17, 15) is 8.42 Å². The Kier molecular flexibility index (Phi) is 4.75. The van der Waals surface area contributed by atoms with Crippen LogP contribution in [0.2, 0.25) is 5.02 Å². The minimum absolute atomic E-state index is 0.0190. The van der Waals surface area contributed by atoms with Crippen molar-refractivity contribution in [1.82, 2.24) is 14.1 Å². The molecule has 1 aromatic carbocycles. The van der Waals surface area contributed by atoms with Gasteiger partial charge in [0, 0.05) is 24.2 Å². The molecule has 6 nitrogen and oxygen atoms in total. The number of benzene rings is 1. The van der Waals surface area contributed by atoms with E-state index in [0.717, 1.165) is 11.3 Å². The average Bonchev–Trinajstić information content (AvgIpc) is 2.98. The highest BCUT2D eigenvalue weighted by Crippen LogP contribution is 2.26. The lowest BCUT2D eigenvalue weighted by Gasteiger charge is -2.11. The molecular formula is C16H16ClN3O3S. The topological polar surface area (TPSA) is 72.7 Å². The number of aromatic nitrogens is 2. The smallest absolute Gasteiger partial charge is 0.244 e. The van der Waals surface area contributed by atoms with Crippen LogP contribution < -0.4 is 9.46 Å². The van der Waals surface area contributed by atoms with Crippen molar-refractivity contribution in [3.05, 3.63) is 59.6 Å². The lowest BCUT2D eigenvalue weighted by atomic mass is 10.3. The van der Waals surface area contributed by atoms with Crippen molar-refractivity contribution in [3.8, 4) is 5.75 Å². The molecule has 0 amide bonds. The molecule has 3 aromatic rings. The van der Waals surface area contributed by atoms with Gasteiger partial charge in [0.05, 0.1) is 18.8 Å². The lowest BCUT2D eigenvalue weighted by Crippen LogP contribution is -2.26. The molecule has 0 bridgehead atoms. The zero-order valence-electron chi connectivity index (χ0n) is 12.9. The van der Waals surface area contributed by atoms with E-state index in [-0.39, 0.29) is 17.2 Å². The van der Waals surface area contributed by atoms with E-state index in [2.05, 4.69) is 9.71 Å². The predicted molar refractivity (Wildman–Crippen MR) is 92.1 cm³/mol. The maximum Gasteiger partial charge on any atom is 0.244 e. The molecule has 0 fully saturated rings. The fraction of sp³-hybridized carbons (Fsp3) is 0.188. The number of rotatable bonds is 6. The van der Waals surface area contributed by atoms with Gasteiger partial charge in [-0.2, -0.15) is 0 Å². The van der Waals surface area contributed by atoms with E-state index < -0.39 is 10.0 Å². The molecule has 2 heterocycles. The number of hydrogen-bond donors (Lipinski definition) is 1. The van der Waals surface area contributed by atoms with Crippen LogP contribution in [0.1, 0.15) is 5.82 Å². The fourth-order valence-electron chi connectivity index (χ4n) is 2.42. The Labute approximate surface area is 145 Å². The maximum absolute atomic E-state index is 12.5. The summed E-state index contributed by atoms with van der Waals surface area (Å²) in [4.78, 5) is 4.34.